The third kappa shape index (κ3) is 10.8. The van der Waals surface area contributed by atoms with Crippen LogP contribution >= 0.6 is 0 Å². The first kappa shape index (κ1) is 11.8. The summed E-state index contributed by atoms with van der Waals surface area (Å²) in [5.74, 6) is -0.682. The van der Waals surface area contributed by atoms with Crippen LogP contribution in [0.1, 0.15) is 32.6 Å². The molecule has 0 spiro atoms. The minimum atomic E-state index is -0.682. The number of nitrogens with one attached hydrogen (secondary N) is 1. The lowest BCUT2D eigenvalue weighted by Crippen LogP contribution is -1.92. The summed E-state index contributed by atoms with van der Waals surface area (Å²) in [4.78, 5) is 12.7. The molecule has 0 saturated carbocycles. The fourth-order valence-corrected chi connectivity index (χ4v) is 0.804. The summed E-state index contributed by atoms with van der Waals surface area (Å²) in [5.41, 5.74) is 0. The molecule has 1 aromatic heterocycles. The molecule has 1 rings (SSSR count). The molecule has 3 nitrogen and oxygen atoms in total. The van der Waals surface area contributed by atoms with Gasteiger partial charge in [-0.3, -0.25) is 4.79 Å². The van der Waals surface area contributed by atoms with E-state index in [1.54, 1.807) is 0 Å². The quantitative estimate of drug-likeness (QED) is 0.705. The zero-order chi connectivity index (χ0) is 9.94. The average molecular weight is 183 g/mol. The van der Waals surface area contributed by atoms with Crippen molar-refractivity contribution in [2.45, 2.75) is 32.6 Å². The highest BCUT2D eigenvalue weighted by molar-refractivity contribution is 5.66. The Morgan fingerprint density at radius 1 is 1.31 bits per heavy atom. The topological polar surface area (TPSA) is 53.1 Å². The Hall–Kier alpha value is -1.25. The average Bonchev–Trinajstić information content (AvgIpc) is 2.61. The first-order valence-electron chi connectivity index (χ1n) is 4.57. The van der Waals surface area contributed by atoms with Gasteiger partial charge in [0, 0.05) is 18.8 Å². The molecule has 0 fully saturated rings. The van der Waals surface area contributed by atoms with Crippen LogP contribution < -0.4 is 0 Å². The van der Waals surface area contributed by atoms with Crippen LogP contribution in [-0.2, 0) is 4.79 Å². The van der Waals surface area contributed by atoms with Gasteiger partial charge >= 0.3 is 5.97 Å². The second-order valence-electron chi connectivity index (χ2n) is 2.74. The van der Waals surface area contributed by atoms with Gasteiger partial charge in [-0.15, -0.1) is 0 Å². The van der Waals surface area contributed by atoms with Crippen LogP contribution in [0.2, 0.25) is 0 Å². The van der Waals surface area contributed by atoms with E-state index in [4.69, 9.17) is 5.11 Å². The molecule has 0 aliphatic rings. The predicted octanol–water partition coefficient (Wildman–Crippen LogP) is 2.67. The molecule has 3 heteroatoms. The van der Waals surface area contributed by atoms with Crippen LogP contribution in [0.3, 0.4) is 0 Å². The van der Waals surface area contributed by atoms with Gasteiger partial charge in [0.25, 0.3) is 0 Å². The lowest BCUT2D eigenvalue weighted by Gasteiger charge is -1.89. The lowest BCUT2D eigenvalue weighted by molar-refractivity contribution is -0.137. The molecule has 13 heavy (non-hydrogen) atoms. The molecular weight excluding hydrogens is 166 g/mol. The third-order valence-electron chi connectivity index (χ3n) is 1.49. The zero-order valence-electron chi connectivity index (χ0n) is 7.99. The first-order chi connectivity index (χ1) is 6.27. The molecular formula is C10H17NO2. The fraction of sp³-hybridized carbons (Fsp3) is 0.500. The Balaban J connectivity index is 0.000000243. The first-order valence-corrected chi connectivity index (χ1v) is 4.57. The number of unbranched alkanes of at least 4 members (excludes halogenated alkanes) is 2. The summed E-state index contributed by atoms with van der Waals surface area (Å²) in [7, 11) is 0. The highest BCUT2D eigenvalue weighted by atomic mass is 16.4. The second kappa shape index (κ2) is 8.84. The van der Waals surface area contributed by atoms with E-state index in [-0.39, 0.29) is 0 Å². The lowest BCUT2D eigenvalue weighted by atomic mass is 10.2. The summed E-state index contributed by atoms with van der Waals surface area (Å²) >= 11 is 0. The van der Waals surface area contributed by atoms with Gasteiger partial charge < -0.3 is 10.1 Å². The Morgan fingerprint density at radius 2 is 1.92 bits per heavy atom. The number of rotatable bonds is 4. The van der Waals surface area contributed by atoms with E-state index in [0.29, 0.717) is 6.42 Å². The van der Waals surface area contributed by atoms with Gasteiger partial charge in [0.1, 0.15) is 0 Å². The van der Waals surface area contributed by atoms with Crippen LogP contribution in [-0.4, -0.2) is 16.1 Å². The minimum Gasteiger partial charge on any atom is -0.481 e. The number of aromatic nitrogens is 1. The number of carbonyl (C=O) groups is 1. The van der Waals surface area contributed by atoms with Gasteiger partial charge in [-0.05, 0) is 18.6 Å². The van der Waals surface area contributed by atoms with E-state index in [0.717, 1.165) is 19.3 Å². The maximum Gasteiger partial charge on any atom is 0.303 e. The van der Waals surface area contributed by atoms with Crippen molar-refractivity contribution in [2.24, 2.45) is 0 Å². The Labute approximate surface area is 78.8 Å². The van der Waals surface area contributed by atoms with Crippen molar-refractivity contribution in [1.82, 2.24) is 4.98 Å². The third-order valence-corrected chi connectivity index (χ3v) is 1.49. The summed E-state index contributed by atoms with van der Waals surface area (Å²) in [6.45, 7) is 2.06. The van der Waals surface area contributed by atoms with E-state index in [2.05, 4.69) is 11.9 Å². The molecule has 0 atom stereocenters. The Morgan fingerprint density at radius 3 is 2.23 bits per heavy atom. The van der Waals surface area contributed by atoms with Gasteiger partial charge in [-0.2, -0.15) is 0 Å². The van der Waals surface area contributed by atoms with Crippen LogP contribution in [0.25, 0.3) is 0 Å². The van der Waals surface area contributed by atoms with Gasteiger partial charge in [0.05, 0.1) is 0 Å². The van der Waals surface area contributed by atoms with Crippen molar-refractivity contribution >= 4 is 5.97 Å². The van der Waals surface area contributed by atoms with Crippen LogP contribution in [0.5, 0.6) is 0 Å². The molecule has 0 amide bonds. The standard InChI is InChI=1S/C6H12O2.C4H5N/c1-2-3-4-5-6(7)8;1-2-4-5-3-1/h2-5H2,1H3,(H,7,8);1-5H. The molecule has 0 aliphatic heterocycles. The molecule has 2 N–H and O–H groups in total. The van der Waals surface area contributed by atoms with Crippen molar-refractivity contribution in [1.29, 1.82) is 0 Å². The Bertz CT molecular complexity index is 177. The highest BCUT2D eigenvalue weighted by Gasteiger charge is 1.92. The number of aliphatic carboxylic acids is 1. The molecule has 0 bridgehead atoms. The van der Waals surface area contributed by atoms with Crippen molar-refractivity contribution in [3.63, 3.8) is 0 Å². The predicted molar refractivity (Wildman–Crippen MR) is 52.6 cm³/mol. The summed E-state index contributed by atoms with van der Waals surface area (Å²) in [6, 6.07) is 3.89. The zero-order valence-corrected chi connectivity index (χ0v) is 7.99. The smallest absolute Gasteiger partial charge is 0.303 e. The molecule has 0 aromatic carbocycles. The highest BCUT2D eigenvalue weighted by Crippen LogP contribution is 1.97. The molecule has 0 radical (unpaired) electrons. The van der Waals surface area contributed by atoms with Crippen LogP contribution in [0.4, 0.5) is 0 Å². The van der Waals surface area contributed by atoms with Crippen LogP contribution in [0, 0.1) is 0 Å². The largest absolute Gasteiger partial charge is 0.481 e. The number of hydrogen-bond donors (Lipinski definition) is 2. The van der Waals surface area contributed by atoms with Crippen molar-refractivity contribution in [3.05, 3.63) is 24.5 Å². The second-order valence-corrected chi connectivity index (χ2v) is 2.74. The number of hydrogen-bond acceptors (Lipinski definition) is 1. The van der Waals surface area contributed by atoms with Crippen molar-refractivity contribution in [3.8, 4) is 0 Å². The number of carboxylic acids is 1. The molecule has 0 aliphatic carbocycles. The van der Waals surface area contributed by atoms with Crippen LogP contribution in [0.15, 0.2) is 24.5 Å². The maximum absolute atomic E-state index is 9.87. The summed E-state index contributed by atoms with van der Waals surface area (Å²) < 4.78 is 0. The van der Waals surface area contributed by atoms with E-state index >= 15 is 0 Å². The van der Waals surface area contributed by atoms with E-state index in [1.807, 2.05) is 24.5 Å². The normalized spacial score (nSPS) is 8.69. The number of H-pyrrole nitrogens is 1. The summed E-state index contributed by atoms with van der Waals surface area (Å²) in [5, 5.41) is 8.14. The monoisotopic (exact) mass is 183 g/mol. The Kier molecular flexibility index (Phi) is 7.99. The molecule has 0 unspecified atom stereocenters. The van der Waals surface area contributed by atoms with Crippen molar-refractivity contribution in [2.75, 3.05) is 0 Å². The van der Waals surface area contributed by atoms with Gasteiger partial charge in [-0.25, -0.2) is 0 Å². The minimum absolute atomic E-state index is 0.327. The van der Waals surface area contributed by atoms with E-state index < -0.39 is 5.97 Å². The maximum atomic E-state index is 9.87. The number of aromatic amines is 1. The summed E-state index contributed by atoms with van der Waals surface area (Å²) in [6.07, 6.45) is 7.03. The molecule has 1 heterocycles. The molecule has 74 valence electrons. The van der Waals surface area contributed by atoms with Gasteiger partial charge in [0.15, 0.2) is 0 Å². The van der Waals surface area contributed by atoms with Gasteiger partial charge in [-0.1, -0.05) is 19.8 Å². The molecule has 1 aromatic rings. The van der Waals surface area contributed by atoms with Gasteiger partial charge in [0.2, 0.25) is 0 Å². The van der Waals surface area contributed by atoms with E-state index in [1.165, 1.54) is 0 Å². The number of carboxylic acid groups (broad SMARTS) is 1. The van der Waals surface area contributed by atoms with E-state index in [9.17, 15) is 4.79 Å². The molecule has 0 saturated heterocycles. The SMILES string of the molecule is CCCCCC(=O)O.c1cc[nH]c1. The fourth-order valence-electron chi connectivity index (χ4n) is 0.804. The van der Waals surface area contributed by atoms with Crippen molar-refractivity contribution < 1.29 is 9.90 Å².